The van der Waals surface area contributed by atoms with Gasteiger partial charge in [-0.25, -0.2) is 22.9 Å². The van der Waals surface area contributed by atoms with Gasteiger partial charge >= 0.3 is 5.97 Å². The zero-order valence-electron chi connectivity index (χ0n) is 27.3. The van der Waals surface area contributed by atoms with Gasteiger partial charge < -0.3 is 19.9 Å². The molecule has 1 fully saturated rings. The van der Waals surface area contributed by atoms with Gasteiger partial charge in [0, 0.05) is 24.2 Å². The first kappa shape index (κ1) is 34.3. The fraction of sp³-hybridized carbons (Fsp3) is 0.500. The second-order valence-electron chi connectivity index (χ2n) is 13.9. The van der Waals surface area contributed by atoms with Gasteiger partial charge in [0.1, 0.15) is 6.61 Å². The van der Waals surface area contributed by atoms with Gasteiger partial charge in [0.05, 0.1) is 28.9 Å². The lowest BCUT2D eigenvalue weighted by Crippen LogP contribution is -2.44. The highest BCUT2D eigenvalue weighted by Gasteiger charge is 2.29. The highest BCUT2D eigenvalue weighted by atomic mass is 32.2. The summed E-state index contributed by atoms with van der Waals surface area (Å²) in [5.74, 6) is -1.19. The summed E-state index contributed by atoms with van der Waals surface area (Å²) in [5, 5.41) is 13.0. The van der Waals surface area contributed by atoms with Crippen LogP contribution in [-0.4, -0.2) is 61.4 Å². The van der Waals surface area contributed by atoms with E-state index in [1.54, 1.807) is 6.07 Å². The van der Waals surface area contributed by atoms with Gasteiger partial charge in [-0.2, -0.15) is 4.98 Å². The molecule has 2 heterocycles. The molecule has 11 heteroatoms. The van der Waals surface area contributed by atoms with Crippen LogP contribution < -0.4 is 14.8 Å². The molecule has 2 atom stereocenters. The minimum atomic E-state index is -4.21. The fourth-order valence-corrected chi connectivity index (χ4v) is 6.48. The van der Waals surface area contributed by atoms with Gasteiger partial charge in [-0.1, -0.05) is 58.9 Å². The van der Waals surface area contributed by atoms with E-state index in [1.807, 2.05) is 32.0 Å². The van der Waals surface area contributed by atoms with Crippen molar-refractivity contribution in [3.8, 4) is 17.1 Å². The summed E-state index contributed by atoms with van der Waals surface area (Å²) >= 11 is 0. The Morgan fingerprint density at radius 3 is 2.42 bits per heavy atom. The van der Waals surface area contributed by atoms with Crippen LogP contribution >= 0.6 is 0 Å². The molecular formula is C34H46N4O6S. The Kier molecular flexibility index (Phi) is 10.6. The predicted octanol–water partition coefficient (Wildman–Crippen LogP) is 6.24. The molecule has 2 aromatic carbocycles. The molecule has 45 heavy (non-hydrogen) atoms. The topological polar surface area (TPSA) is 140 Å². The first-order chi connectivity index (χ1) is 21.0. The number of aromatic carboxylic acids is 1. The maximum absolute atomic E-state index is 13.3. The third kappa shape index (κ3) is 9.72. The number of anilines is 1. The summed E-state index contributed by atoms with van der Waals surface area (Å²) in [6, 6.07) is 12.7. The van der Waals surface area contributed by atoms with Crippen molar-refractivity contribution in [2.45, 2.75) is 84.8 Å². The van der Waals surface area contributed by atoms with E-state index in [0.717, 1.165) is 48.6 Å². The summed E-state index contributed by atoms with van der Waals surface area (Å²) in [6.45, 7) is 16.6. The van der Waals surface area contributed by atoms with E-state index in [0.29, 0.717) is 18.8 Å². The first-order valence-corrected chi connectivity index (χ1v) is 16.8. The van der Waals surface area contributed by atoms with Crippen molar-refractivity contribution in [1.82, 2.24) is 15.3 Å². The lowest BCUT2D eigenvalue weighted by atomic mass is 9.85. The van der Waals surface area contributed by atoms with Crippen molar-refractivity contribution in [3.63, 3.8) is 0 Å². The molecule has 1 saturated heterocycles. The second-order valence-corrected chi connectivity index (χ2v) is 15.6. The number of carboxylic acids is 1. The van der Waals surface area contributed by atoms with Crippen LogP contribution in [0, 0.1) is 24.7 Å². The van der Waals surface area contributed by atoms with Crippen LogP contribution in [-0.2, 0) is 14.8 Å². The molecule has 1 unspecified atom stereocenters. The number of nitrogens with one attached hydrogen (secondary N) is 2. The van der Waals surface area contributed by atoms with E-state index in [4.69, 9.17) is 9.47 Å². The van der Waals surface area contributed by atoms with Crippen molar-refractivity contribution in [2.24, 2.45) is 10.8 Å². The van der Waals surface area contributed by atoms with Crippen molar-refractivity contribution >= 4 is 21.9 Å². The van der Waals surface area contributed by atoms with E-state index >= 15 is 0 Å². The molecule has 1 aromatic heterocycles. The van der Waals surface area contributed by atoms with Gasteiger partial charge in [-0.3, -0.25) is 0 Å². The molecule has 1 aliphatic heterocycles. The maximum Gasteiger partial charge on any atom is 0.335 e. The molecule has 4 rings (SSSR count). The summed E-state index contributed by atoms with van der Waals surface area (Å²) in [6.07, 6.45) is 3.07. The summed E-state index contributed by atoms with van der Waals surface area (Å²) < 4.78 is 41.5. The van der Waals surface area contributed by atoms with Gasteiger partial charge in [0.2, 0.25) is 11.8 Å². The Morgan fingerprint density at radius 2 is 1.80 bits per heavy atom. The Bertz CT molecular complexity index is 1590. The minimum absolute atomic E-state index is 0.0129. The molecule has 0 aliphatic carbocycles. The van der Waals surface area contributed by atoms with Crippen LogP contribution in [0.4, 0.5) is 5.95 Å². The molecule has 0 bridgehead atoms. The van der Waals surface area contributed by atoms with Crippen LogP contribution in [0.1, 0.15) is 75.4 Å². The number of nitrogens with zero attached hydrogens (tertiary/aromatic N) is 2. The third-order valence-corrected chi connectivity index (χ3v) is 9.16. The number of rotatable bonds is 12. The molecule has 3 aromatic rings. The van der Waals surface area contributed by atoms with E-state index in [-0.39, 0.29) is 45.3 Å². The molecule has 0 amide bonds. The molecular weight excluding hydrogens is 592 g/mol. The minimum Gasteiger partial charge on any atom is -0.478 e. The highest BCUT2D eigenvalue weighted by Crippen LogP contribution is 2.31. The second kappa shape index (κ2) is 13.8. The zero-order valence-corrected chi connectivity index (χ0v) is 28.1. The third-order valence-electron chi connectivity index (χ3n) is 7.84. The van der Waals surface area contributed by atoms with Crippen LogP contribution in [0.25, 0.3) is 11.3 Å². The van der Waals surface area contributed by atoms with E-state index < -0.39 is 16.0 Å². The van der Waals surface area contributed by atoms with Crippen molar-refractivity contribution < 1.29 is 27.8 Å². The number of hydrogen-bond acceptors (Lipinski definition) is 8. The molecule has 244 valence electrons. The van der Waals surface area contributed by atoms with Gasteiger partial charge in [0.25, 0.3) is 10.0 Å². The first-order valence-electron chi connectivity index (χ1n) is 15.3. The lowest BCUT2D eigenvalue weighted by molar-refractivity contribution is -0.0483. The number of carboxylic acid groups (broad SMARTS) is 1. The highest BCUT2D eigenvalue weighted by molar-refractivity contribution is 7.92. The number of aryl methyl sites for hydroxylation is 2. The van der Waals surface area contributed by atoms with E-state index in [1.165, 1.54) is 18.2 Å². The largest absolute Gasteiger partial charge is 0.478 e. The van der Waals surface area contributed by atoms with Crippen molar-refractivity contribution in [3.05, 3.63) is 65.2 Å². The summed E-state index contributed by atoms with van der Waals surface area (Å²) in [4.78, 5) is 20.2. The number of ether oxygens (including phenoxy) is 2. The van der Waals surface area contributed by atoms with Crippen LogP contribution in [0.15, 0.2) is 53.4 Å². The number of carbonyl (C=O) groups is 1. The Balaban J connectivity index is 1.61. The monoisotopic (exact) mass is 638 g/mol. The van der Waals surface area contributed by atoms with Gasteiger partial charge in [-0.15, -0.1) is 0 Å². The standard InChI is InChI=1S/C34H46N4O6S/c1-22-10-8-11-23(2)30(22)28-17-29(37-32(36-28)38-45(41,42)27-13-9-12-24(16-27)31(39)40)43-20-25(18-33(3,4)5)35-19-26-14-15-34(6,7)21-44-26/h8-13,16-17,25-26,35H,14-15,18-21H2,1-7H3,(H,39,40)(H,36,37,38)/t25-,26?/m1/s1. The van der Waals surface area contributed by atoms with Crippen molar-refractivity contribution in [1.29, 1.82) is 0 Å². The van der Waals surface area contributed by atoms with E-state index in [2.05, 4.69) is 54.6 Å². The molecule has 1 aliphatic rings. The molecule has 3 N–H and O–H groups in total. The Morgan fingerprint density at radius 1 is 1.11 bits per heavy atom. The normalized spacial score (nSPS) is 17.4. The average molecular weight is 639 g/mol. The predicted molar refractivity (Wildman–Crippen MR) is 175 cm³/mol. The van der Waals surface area contributed by atoms with Crippen LogP contribution in [0.5, 0.6) is 5.88 Å². The van der Waals surface area contributed by atoms with Crippen LogP contribution in [0.3, 0.4) is 0 Å². The summed E-state index contributed by atoms with van der Waals surface area (Å²) in [5.41, 5.74) is 3.36. The fourth-order valence-electron chi connectivity index (χ4n) is 5.49. The van der Waals surface area contributed by atoms with Gasteiger partial charge in [-0.05, 0) is 73.3 Å². The van der Waals surface area contributed by atoms with Crippen molar-refractivity contribution in [2.75, 3.05) is 24.5 Å². The Labute approximate surface area is 267 Å². The molecule has 10 nitrogen and oxygen atoms in total. The smallest absolute Gasteiger partial charge is 0.335 e. The maximum atomic E-state index is 13.3. The molecule has 0 saturated carbocycles. The number of sulfonamides is 1. The van der Waals surface area contributed by atoms with Gasteiger partial charge in [0.15, 0.2) is 0 Å². The number of benzene rings is 2. The SMILES string of the molecule is Cc1cccc(C)c1-c1cc(OC[C@@H](CC(C)(C)C)NCC2CCC(C)(C)CO2)nc(NS(=O)(=O)c2cccc(C(=O)O)c2)n1. The molecule has 0 spiro atoms. The van der Waals surface area contributed by atoms with E-state index in [9.17, 15) is 18.3 Å². The average Bonchev–Trinajstić information content (AvgIpc) is 2.94. The Hall–Kier alpha value is -3.54. The quantitative estimate of drug-likeness (QED) is 0.210. The number of hydrogen-bond donors (Lipinski definition) is 3. The molecule has 0 radical (unpaired) electrons. The lowest BCUT2D eigenvalue weighted by Gasteiger charge is -2.35. The number of aromatic nitrogens is 2. The zero-order chi connectivity index (χ0) is 33.0. The van der Waals surface area contributed by atoms with Crippen LogP contribution in [0.2, 0.25) is 0 Å². The summed E-state index contributed by atoms with van der Waals surface area (Å²) in [7, 11) is -4.21.